The predicted octanol–water partition coefficient (Wildman–Crippen LogP) is 14.0. The predicted molar refractivity (Wildman–Crippen MR) is 381 cm³/mol. The molecule has 21 nitrogen and oxygen atoms in total. The summed E-state index contributed by atoms with van der Waals surface area (Å²) in [6.07, 6.45) is -9.03. The molecule has 9 aromatic rings. The lowest BCUT2D eigenvalue weighted by molar-refractivity contribution is -0.141. The summed E-state index contributed by atoms with van der Waals surface area (Å²) < 4.78 is 311. The molecule has 622 valence electrons. The molecule has 0 radical (unpaired) electrons. The molecular formula is C72H62Cl2F18N12O9S3. The van der Waals surface area contributed by atoms with Gasteiger partial charge in [0.05, 0.1) is 63.0 Å². The molecular weight excluding hydrogens is 1690 g/mol. The van der Waals surface area contributed by atoms with E-state index in [1.54, 1.807) is 6.07 Å². The van der Waals surface area contributed by atoms with Crippen LogP contribution in [0, 0.1) is 17.5 Å². The lowest BCUT2D eigenvalue weighted by Crippen LogP contribution is -2.41. The van der Waals surface area contributed by atoms with Gasteiger partial charge < -0.3 is 5.32 Å². The Bertz CT molecular complexity index is 5050. The van der Waals surface area contributed by atoms with Crippen molar-refractivity contribution in [2.45, 2.75) is 126 Å². The van der Waals surface area contributed by atoms with Gasteiger partial charge in [0.2, 0.25) is 20.0 Å². The Morgan fingerprint density at radius 1 is 0.422 bits per heavy atom. The lowest BCUT2D eigenvalue weighted by Gasteiger charge is -2.23. The number of Topliss-reactive ketones (excluding diaryl/α,β-unsaturated/α-hetero) is 3. The first-order valence-electron chi connectivity index (χ1n) is 33.7. The maximum Gasteiger partial charge on any atom is 0.433 e. The molecule has 1 N–H and O–H groups in total. The summed E-state index contributed by atoms with van der Waals surface area (Å²) >= 11 is 0. The maximum absolute atomic E-state index is 14.9. The third-order valence-corrected chi connectivity index (χ3v) is 22.9. The first kappa shape index (κ1) is 91.9. The first-order chi connectivity index (χ1) is 53.8. The quantitative estimate of drug-likeness (QED) is 0.0460. The number of alkyl halides is 15. The van der Waals surface area contributed by atoms with Crippen LogP contribution in [0.1, 0.15) is 72.7 Å². The highest BCUT2D eigenvalue weighted by Crippen LogP contribution is 2.40. The molecule has 116 heavy (non-hydrogen) atoms. The number of nitrogens with zero attached hydrogens (tertiary/aromatic N) is 11. The SMILES string of the molecule is Cl.O=C(CCc1cc(-c2ccc(C(F)(F)F)nc2)ncn1)[C@@H]1CC(F)(CF)CN1.O=C(CCc1cc(-c2ccc(C(F)(F)F)nc2)ncn1)[C@@H]1C[C@@](F)(CF)CN1S(=O)(=O)c1ccc(F)cc1.O=C(CCc1cc(-c2ccc(C(F)(F)F)nc2)ncn1)[C@@H]1C[C@](F)(CF)CN1S(=O)(=O)c1ccc(F)cc1.O=S(=O)(Cl)c1ccc(F)cc1. The van der Waals surface area contributed by atoms with E-state index in [9.17, 15) is 119 Å². The van der Waals surface area contributed by atoms with Crippen LogP contribution in [0.3, 0.4) is 0 Å². The van der Waals surface area contributed by atoms with Crippen molar-refractivity contribution in [3.8, 4) is 33.8 Å². The molecule has 1 unspecified atom stereocenters. The summed E-state index contributed by atoms with van der Waals surface area (Å²) in [5.74, 6) is -3.49. The number of hydrogen-bond acceptors (Lipinski definition) is 19. The van der Waals surface area contributed by atoms with Gasteiger partial charge in [0.25, 0.3) is 9.05 Å². The molecule has 3 saturated heterocycles. The van der Waals surface area contributed by atoms with Crippen LogP contribution in [0.2, 0.25) is 0 Å². The molecule has 0 aliphatic carbocycles. The maximum atomic E-state index is 14.9. The lowest BCUT2D eigenvalue weighted by atomic mass is 9.99. The van der Waals surface area contributed by atoms with Gasteiger partial charge in [0.1, 0.15) is 79.3 Å². The molecule has 0 amide bonds. The molecule has 9 heterocycles. The standard InChI is InChI=1S/2C24H20F6N4O3S.C18H17F5N4O.C6H4ClFO2S.ClH/c2*25-12-23(27)10-20(34(13-23)38(36,37)18-5-2-16(26)3-6-18)21(35)7-4-17-9-19(33-14-32-17)15-1-8-22(31-11-15)24(28,29)30;19-8-17(20)6-14(25-9-17)15(28)3-2-12-5-13(27-10-26-12)11-1-4-16(24-7-11)18(21,22)23;7-11(9,10)6-3-1-5(8)2-4-6;/h2*1-3,5-6,8-9,11,14,20H,4,7,10,12-13H2;1,4-5,7,10,14,25H,2-3,6,8-9H2;1-4H;1H/t20-,23+;20-,23-;14-,17?;;/m000../s1. The highest BCUT2D eigenvalue weighted by Gasteiger charge is 2.54. The van der Waals surface area contributed by atoms with E-state index in [4.69, 9.17) is 10.7 Å². The monoisotopic (exact) mass is 1750 g/mol. The normalized spacial score (nSPS) is 19.9. The van der Waals surface area contributed by atoms with Crippen molar-refractivity contribution < 1.29 is 119 Å². The number of sulfonamides is 2. The Kier molecular flexibility index (Phi) is 29.9. The number of halogens is 20. The molecule has 6 atom stereocenters. The topological polar surface area (TPSA) is 288 Å². The van der Waals surface area contributed by atoms with Crippen molar-refractivity contribution in [1.82, 2.24) is 58.8 Å². The molecule has 0 spiro atoms. The molecule has 3 aliphatic heterocycles. The Labute approximate surface area is 659 Å². The van der Waals surface area contributed by atoms with E-state index < -0.39 is 175 Å². The van der Waals surface area contributed by atoms with Crippen LogP contribution in [-0.4, -0.2) is 171 Å². The van der Waals surface area contributed by atoms with Crippen LogP contribution in [-0.2, 0) is 81.3 Å². The number of rotatable bonds is 23. The van der Waals surface area contributed by atoms with Crippen LogP contribution in [0.5, 0.6) is 0 Å². The smallest absolute Gasteiger partial charge is 0.304 e. The van der Waals surface area contributed by atoms with Gasteiger partial charge in [-0.3, -0.25) is 29.3 Å². The van der Waals surface area contributed by atoms with Crippen LogP contribution in [0.25, 0.3) is 33.8 Å². The van der Waals surface area contributed by atoms with Gasteiger partial charge in [0.15, 0.2) is 28.6 Å². The number of ketones is 3. The summed E-state index contributed by atoms with van der Waals surface area (Å²) in [4.78, 5) is 71.7. The van der Waals surface area contributed by atoms with Gasteiger partial charge in [-0.1, -0.05) is 0 Å². The van der Waals surface area contributed by atoms with Crippen LogP contribution < -0.4 is 5.32 Å². The molecule has 12 rings (SSSR count). The Morgan fingerprint density at radius 3 is 0.991 bits per heavy atom. The molecule has 6 aromatic heterocycles. The summed E-state index contributed by atoms with van der Waals surface area (Å²) in [7, 11) is -7.64. The zero-order valence-corrected chi connectivity index (χ0v) is 63.4. The minimum atomic E-state index is -4.60. The summed E-state index contributed by atoms with van der Waals surface area (Å²) in [5, 5.41) is 2.69. The Morgan fingerprint density at radius 2 is 0.724 bits per heavy atom. The zero-order valence-electron chi connectivity index (χ0n) is 59.3. The van der Waals surface area contributed by atoms with E-state index in [-0.39, 0.29) is 107 Å². The fourth-order valence-corrected chi connectivity index (χ4v) is 15.9. The number of aryl methyl sites for hydroxylation is 3. The average Bonchev–Trinajstić information content (AvgIpc) is 1.61. The van der Waals surface area contributed by atoms with Crippen molar-refractivity contribution in [1.29, 1.82) is 0 Å². The van der Waals surface area contributed by atoms with E-state index in [0.717, 1.165) is 122 Å². The molecule has 3 aromatic carbocycles. The summed E-state index contributed by atoms with van der Waals surface area (Å²) in [6, 6.07) is 18.5. The number of hydrogen-bond donors (Lipinski definition) is 1. The summed E-state index contributed by atoms with van der Waals surface area (Å²) in [6.45, 7) is -6.08. The highest BCUT2D eigenvalue weighted by molar-refractivity contribution is 8.13. The van der Waals surface area contributed by atoms with E-state index in [1.807, 2.05) is 0 Å². The number of aromatic nitrogens is 9. The highest BCUT2D eigenvalue weighted by atomic mass is 35.7. The first-order valence-corrected chi connectivity index (χ1v) is 38.9. The number of carbonyl (C=O) groups excluding carboxylic acids is 3. The van der Waals surface area contributed by atoms with E-state index in [1.165, 1.54) is 36.7 Å². The van der Waals surface area contributed by atoms with Gasteiger partial charge in [0, 0.05) is 108 Å². The van der Waals surface area contributed by atoms with Crippen LogP contribution in [0.15, 0.2) is 180 Å². The van der Waals surface area contributed by atoms with Gasteiger partial charge in [-0.05, 0) is 147 Å². The minimum absolute atomic E-state index is 0. The third kappa shape index (κ3) is 24.1. The fraction of sp³-hybridized carbons (Fsp3) is 0.333. The van der Waals surface area contributed by atoms with Gasteiger partial charge in [-0.2, -0.15) is 48.1 Å². The number of nitrogens with one attached hydrogen (secondary N) is 1. The zero-order chi connectivity index (χ0) is 84.3. The van der Waals surface area contributed by atoms with Gasteiger partial charge in [-0.15, -0.1) is 12.4 Å². The van der Waals surface area contributed by atoms with Crippen molar-refractivity contribution in [2.75, 3.05) is 39.7 Å². The second-order valence-electron chi connectivity index (χ2n) is 26.2. The number of carbonyl (C=O) groups is 3. The summed E-state index contributed by atoms with van der Waals surface area (Å²) in [5.41, 5.74) is -7.38. The Hall–Kier alpha value is -9.59. The fourth-order valence-electron chi connectivity index (χ4n) is 11.8. The molecule has 3 fully saturated rings. The van der Waals surface area contributed by atoms with E-state index >= 15 is 0 Å². The molecule has 0 bridgehead atoms. The van der Waals surface area contributed by atoms with Crippen molar-refractivity contribution in [3.05, 3.63) is 217 Å². The van der Waals surface area contributed by atoms with Crippen LogP contribution >= 0.6 is 23.1 Å². The molecule has 3 aliphatic rings. The number of pyridine rings is 3. The molecule has 44 heteroatoms. The second kappa shape index (κ2) is 37.8. The third-order valence-electron chi connectivity index (χ3n) is 17.8. The van der Waals surface area contributed by atoms with Crippen molar-refractivity contribution in [2.24, 2.45) is 0 Å². The van der Waals surface area contributed by atoms with Crippen molar-refractivity contribution >= 4 is 69.5 Å². The van der Waals surface area contributed by atoms with Gasteiger partial charge in [-0.25, -0.2) is 94.7 Å². The largest absolute Gasteiger partial charge is 0.433 e. The van der Waals surface area contributed by atoms with E-state index in [0.29, 0.717) is 36.9 Å². The van der Waals surface area contributed by atoms with Crippen LogP contribution in [0.4, 0.5) is 79.0 Å². The van der Waals surface area contributed by atoms with E-state index in [2.05, 4.69) is 50.2 Å². The number of benzene rings is 3. The minimum Gasteiger partial charge on any atom is -0.304 e. The second-order valence-corrected chi connectivity index (χ2v) is 32.6. The van der Waals surface area contributed by atoms with Gasteiger partial charge >= 0.3 is 18.5 Å². The van der Waals surface area contributed by atoms with Crippen molar-refractivity contribution in [3.63, 3.8) is 0 Å². The Balaban J connectivity index is 0.000000205. The average molecular weight is 1750 g/mol. The molecule has 0 saturated carbocycles.